The fourth-order valence-electron chi connectivity index (χ4n) is 2.65. The molecule has 4 heteroatoms. The number of ether oxygens (including phenoxy) is 1. The summed E-state index contributed by atoms with van der Waals surface area (Å²) in [6.07, 6.45) is 1.03. The number of fused-ring (bicyclic) bond motifs is 1. The van der Waals surface area contributed by atoms with Gasteiger partial charge >= 0.3 is 0 Å². The molecule has 0 spiro atoms. The average Bonchev–Trinajstić information content (AvgIpc) is 2.91. The molecule has 104 valence electrons. The molecule has 0 bridgehead atoms. The molecule has 2 aromatic rings. The van der Waals surface area contributed by atoms with Crippen LogP contribution in [-0.2, 0) is 6.42 Å². The standard InChI is InChI=1S/C16H18N2OS/c1-19-13-7-4-6-12(9-13)16(18-17)15-10-11-5-2-3-8-14(11)20-15/h2-9,15-16,18H,10,17H2,1H3. The van der Waals surface area contributed by atoms with Gasteiger partial charge in [0, 0.05) is 10.1 Å². The van der Waals surface area contributed by atoms with Crippen LogP contribution in [-0.4, -0.2) is 12.4 Å². The van der Waals surface area contributed by atoms with Gasteiger partial charge in [-0.2, -0.15) is 0 Å². The van der Waals surface area contributed by atoms with Gasteiger partial charge in [0.2, 0.25) is 0 Å². The highest BCUT2D eigenvalue weighted by Gasteiger charge is 2.29. The number of rotatable bonds is 4. The third-order valence-electron chi connectivity index (χ3n) is 3.68. The molecular weight excluding hydrogens is 268 g/mol. The number of hydrazine groups is 1. The summed E-state index contributed by atoms with van der Waals surface area (Å²) in [6.45, 7) is 0. The number of thioether (sulfide) groups is 1. The first-order chi connectivity index (χ1) is 9.81. The SMILES string of the molecule is COc1cccc(C(NN)C2Cc3ccccc3S2)c1. The molecule has 20 heavy (non-hydrogen) atoms. The molecule has 3 rings (SSSR count). The lowest BCUT2D eigenvalue weighted by molar-refractivity contribution is 0.412. The normalized spacial score (nSPS) is 18.6. The molecule has 0 aromatic heterocycles. The molecule has 0 radical (unpaired) electrons. The number of benzene rings is 2. The van der Waals surface area contributed by atoms with Gasteiger partial charge in [0.15, 0.2) is 0 Å². The lowest BCUT2D eigenvalue weighted by atomic mass is 9.99. The van der Waals surface area contributed by atoms with E-state index in [1.54, 1.807) is 7.11 Å². The Morgan fingerprint density at radius 3 is 2.85 bits per heavy atom. The van der Waals surface area contributed by atoms with E-state index in [0.29, 0.717) is 5.25 Å². The molecule has 0 saturated heterocycles. The van der Waals surface area contributed by atoms with Crippen LogP contribution in [0.25, 0.3) is 0 Å². The fraction of sp³-hybridized carbons (Fsp3) is 0.250. The van der Waals surface area contributed by atoms with Crippen LogP contribution < -0.4 is 16.0 Å². The summed E-state index contributed by atoms with van der Waals surface area (Å²) in [5, 5.41) is 0.407. The van der Waals surface area contributed by atoms with Crippen LogP contribution in [0.3, 0.4) is 0 Å². The van der Waals surface area contributed by atoms with Crippen LogP contribution in [0.4, 0.5) is 0 Å². The van der Waals surface area contributed by atoms with Crippen molar-refractivity contribution in [1.82, 2.24) is 5.43 Å². The third-order valence-corrected chi connectivity index (χ3v) is 5.07. The Morgan fingerprint density at radius 1 is 1.25 bits per heavy atom. The molecule has 0 fully saturated rings. The van der Waals surface area contributed by atoms with Crippen molar-refractivity contribution in [2.45, 2.75) is 22.6 Å². The van der Waals surface area contributed by atoms with Gasteiger partial charge in [-0.1, -0.05) is 30.3 Å². The second-order valence-electron chi connectivity index (χ2n) is 4.89. The summed E-state index contributed by atoms with van der Waals surface area (Å²) < 4.78 is 5.30. The van der Waals surface area contributed by atoms with Gasteiger partial charge in [0.1, 0.15) is 5.75 Å². The van der Waals surface area contributed by atoms with Gasteiger partial charge in [-0.3, -0.25) is 11.3 Å². The van der Waals surface area contributed by atoms with Gasteiger partial charge in [0.25, 0.3) is 0 Å². The van der Waals surface area contributed by atoms with Crippen molar-refractivity contribution in [3.63, 3.8) is 0 Å². The number of nitrogens with one attached hydrogen (secondary N) is 1. The van der Waals surface area contributed by atoms with Crippen LogP contribution in [0, 0.1) is 0 Å². The van der Waals surface area contributed by atoms with E-state index in [1.165, 1.54) is 10.5 Å². The second kappa shape index (κ2) is 5.87. The van der Waals surface area contributed by atoms with E-state index < -0.39 is 0 Å². The minimum atomic E-state index is 0.113. The quantitative estimate of drug-likeness (QED) is 0.670. The molecule has 2 aromatic carbocycles. The topological polar surface area (TPSA) is 47.3 Å². The van der Waals surface area contributed by atoms with Crippen molar-refractivity contribution in [2.75, 3.05) is 7.11 Å². The lowest BCUT2D eigenvalue weighted by Gasteiger charge is -2.22. The summed E-state index contributed by atoms with van der Waals surface area (Å²) in [6, 6.07) is 16.8. The molecule has 1 heterocycles. The Balaban J connectivity index is 1.85. The van der Waals surface area contributed by atoms with Crippen molar-refractivity contribution in [1.29, 1.82) is 0 Å². The number of hydrogen-bond acceptors (Lipinski definition) is 4. The molecule has 3 N–H and O–H groups in total. The predicted octanol–water partition coefficient (Wildman–Crippen LogP) is 2.92. The zero-order chi connectivity index (χ0) is 13.9. The first-order valence-electron chi connectivity index (χ1n) is 6.66. The molecule has 0 amide bonds. The molecular formula is C16H18N2OS. The first kappa shape index (κ1) is 13.5. The maximum absolute atomic E-state index is 5.81. The fourth-order valence-corrected chi connectivity index (χ4v) is 4.07. The summed E-state index contributed by atoms with van der Waals surface area (Å²) in [4.78, 5) is 1.36. The van der Waals surface area contributed by atoms with Gasteiger partial charge in [0.05, 0.1) is 13.2 Å². The molecule has 3 nitrogen and oxygen atoms in total. The Bertz CT molecular complexity index is 578. The molecule has 0 saturated carbocycles. The molecule has 1 aliphatic rings. The highest BCUT2D eigenvalue weighted by molar-refractivity contribution is 8.00. The highest BCUT2D eigenvalue weighted by atomic mass is 32.2. The molecule has 2 unspecified atom stereocenters. The van der Waals surface area contributed by atoms with Crippen molar-refractivity contribution in [2.24, 2.45) is 5.84 Å². The maximum atomic E-state index is 5.81. The zero-order valence-electron chi connectivity index (χ0n) is 11.4. The second-order valence-corrected chi connectivity index (χ2v) is 6.17. The lowest BCUT2D eigenvalue weighted by Crippen LogP contribution is -2.35. The summed E-state index contributed by atoms with van der Waals surface area (Å²) in [5.41, 5.74) is 5.54. The molecule has 2 atom stereocenters. The average molecular weight is 286 g/mol. The van der Waals surface area contributed by atoms with Crippen LogP contribution >= 0.6 is 11.8 Å². The largest absolute Gasteiger partial charge is 0.497 e. The Morgan fingerprint density at radius 2 is 2.10 bits per heavy atom. The number of methoxy groups -OCH3 is 1. The van der Waals surface area contributed by atoms with E-state index in [2.05, 4.69) is 35.8 Å². The van der Waals surface area contributed by atoms with Gasteiger partial charge in [-0.25, -0.2) is 0 Å². The minimum Gasteiger partial charge on any atom is -0.497 e. The van der Waals surface area contributed by atoms with E-state index in [4.69, 9.17) is 10.6 Å². The maximum Gasteiger partial charge on any atom is 0.119 e. The van der Waals surface area contributed by atoms with Crippen molar-refractivity contribution < 1.29 is 4.74 Å². The first-order valence-corrected chi connectivity index (χ1v) is 7.54. The summed E-state index contributed by atoms with van der Waals surface area (Å²) >= 11 is 1.89. The van der Waals surface area contributed by atoms with E-state index in [-0.39, 0.29) is 6.04 Å². The van der Waals surface area contributed by atoms with Crippen LogP contribution in [0.5, 0.6) is 5.75 Å². The van der Waals surface area contributed by atoms with E-state index in [1.807, 2.05) is 30.0 Å². The van der Waals surface area contributed by atoms with Crippen molar-refractivity contribution >= 4 is 11.8 Å². The highest BCUT2D eigenvalue weighted by Crippen LogP contribution is 2.42. The van der Waals surface area contributed by atoms with Gasteiger partial charge < -0.3 is 4.74 Å². The zero-order valence-corrected chi connectivity index (χ0v) is 12.2. The minimum absolute atomic E-state index is 0.113. The van der Waals surface area contributed by atoms with Crippen molar-refractivity contribution in [3.05, 3.63) is 59.7 Å². The molecule has 0 aliphatic carbocycles. The van der Waals surface area contributed by atoms with Crippen LogP contribution in [0.15, 0.2) is 53.4 Å². The number of hydrogen-bond donors (Lipinski definition) is 2. The third kappa shape index (κ3) is 2.54. The molecule has 1 aliphatic heterocycles. The van der Waals surface area contributed by atoms with Gasteiger partial charge in [-0.15, -0.1) is 11.8 Å². The van der Waals surface area contributed by atoms with E-state index >= 15 is 0 Å². The predicted molar refractivity (Wildman–Crippen MR) is 82.8 cm³/mol. The smallest absolute Gasteiger partial charge is 0.119 e. The van der Waals surface area contributed by atoms with Gasteiger partial charge in [-0.05, 0) is 35.7 Å². The van der Waals surface area contributed by atoms with Crippen LogP contribution in [0.1, 0.15) is 17.2 Å². The monoisotopic (exact) mass is 286 g/mol. The summed E-state index contributed by atoms with van der Waals surface area (Å²) in [5.74, 6) is 6.67. The Kier molecular flexibility index (Phi) is 3.96. The number of nitrogens with two attached hydrogens (primary N) is 1. The van der Waals surface area contributed by atoms with Crippen LogP contribution in [0.2, 0.25) is 0 Å². The van der Waals surface area contributed by atoms with E-state index in [0.717, 1.165) is 17.7 Å². The van der Waals surface area contributed by atoms with Crippen molar-refractivity contribution in [3.8, 4) is 5.75 Å². The van der Waals surface area contributed by atoms with E-state index in [9.17, 15) is 0 Å². The Labute approximate surface area is 123 Å². The Hall–Kier alpha value is -1.49. The summed E-state index contributed by atoms with van der Waals surface area (Å²) in [7, 11) is 1.68.